The molecule has 0 unspecified atom stereocenters. The highest BCUT2D eigenvalue weighted by Gasteiger charge is 2.36. The van der Waals surface area contributed by atoms with Gasteiger partial charge in [0, 0.05) is 22.1 Å². The van der Waals surface area contributed by atoms with E-state index in [1.54, 1.807) is 0 Å². The number of benzene rings is 9. The van der Waals surface area contributed by atoms with Crippen LogP contribution < -0.4 is 0 Å². The zero-order chi connectivity index (χ0) is 39.5. The Labute approximate surface area is 345 Å². The van der Waals surface area contributed by atoms with Crippen molar-refractivity contribution in [2.24, 2.45) is 0 Å². The molecule has 2 heteroatoms. The smallest absolute Gasteiger partial charge is 0.160 e. The Morgan fingerprint density at radius 2 is 0.847 bits per heavy atom. The lowest BCUT2D eigenvalue weighted by atomic mass is 9.82. The maximum atomic E-state index is 5.26. The molecular weight excluding hydrogens is 713 g/mol. The molecule has 0 bridgehead atoms. The maximum absolute atomic E-state index is 5.26. The lowest BCUT2D eigenvalue weighted by molar-refractivity contribution is 0.660. The van der Waals surface area contributed by atoms with Crippen molar-refractivity contribution in [3.63, 3.8) is 0 Å². The second kappa shape index (κ2) is 13.9. The summed E-state index contributed by atoms with van der Waals surface area (Å²) in [5.41, 5.74) is 17.6. The zero-order valence-electron chi connectivity index (χ0n) is 33.0. The Bertz CT molecular complexity index is 3230. The van der Waals surface area contributed by atoms with Crippen molar-refractivity contribution in [1.82, 2.24) is 9.97 Å². The minimum absolute atomic E-state index is 0.0314. The second-order valence-electron chi connectivity index (χ2n) is 16.1. The molecule has 0 N–H and O–H groups in total. The predicted molar refractivity (Wildman–Crippen MR) is 247 cm³/mol. The van der Waals surface area contributed by atoms with Crippen LogP contribution in [0.5, 0.6) is 0 Å². The molecule has 0 aliphatic heterocycles. The van der Waals surface area contributed by atoms with Gasteiger partial charge in [-0.1, -0.05) is 208 Å². The van der Waals surface area contributed by atoms with Gasteiger partial charge in [0.05, 0.1) is 11.4 Å². The van der Waals surface area contributed by atoms with Crippen LogP contribution in [0.25, 0.3) is 100.0 Å². The Morgan fingerprint density at radius 1 is 0.322 bits per heavy atom. The van der Waals surface area contributed by atoms with Gasteiger partial charge in [0.25, 0.3) is 0 Å². The Hall–Kier alpha value is -7.42. The largest absolute Gasteiger partial charge is 0.228 e. The summed E-state index contributed by atoms with van der Waals surface area (Å²) in [6.45, 7) is 4.68. The van der Waals surface area contributed by atoms with Gasteiger partial charge in [-0.15, -0.1) is 0 Å². The Balaban J connectivity index is 1.01. The predicted octanol–water partition coefficient (Wildman–Crippen LogP) is 15.1. The highest BCUT2D eigenvalue weighted by atomic mass is 14.9. The molecule has 0 radical (unpaired) electrons. The van der Waals surface area contributed by atoms with Crippen LogP contribution in [0.3, 0.4) is 0 Å². The highest BCUT2D eigenvalue weighted by molar-refractivity contribution is 6.05. The summed E-state index contributed by atoms with van der Waals surface area (Å²) in [5, 5.41) is 4.81. The maximum Gasteiger partial charge on any atom is 0.160 e. The van der Waals surface area contributed by atoms with Crippen LogP contribution in [0.4, 0.5) is 0 Å². The highest BCUT2D eigenvalue weighted by Crippen LogP contribution is 2.52. The van der Waals surface area contributed by atoms with Gasteiger partial charge >= 0.3 is 0 Å². The van der Waals surface area contributed by atoms with Crippen molar-refractivity contribution in [2.45, 2.75) is 19.3 Å². The van der Waals surface area contributed by atoms with E-state index in [-0.39, 0.29) is 5.41 Å². The Morgan fingerprint density at radius 3 is 1.68 bits per heavy atom. The first-order valence-corrected chi connectivity index (χ1v) is 20.4. The molecule has 0 atom stereocenters. The molecule has 9 aromatic carbocycles. The number of nitrogens with zero attached hydrogens (tertiary/aromatic N) is 2. The molecule has 0 spiro atoms. The van der Waals surface area contributed by atoms with Crippen LogP contribution in [0.2, 0.25) is 0 Å². The first-order chi connectivity index (χ1) is 29.0. The summed E-state index contributed by atoms with van der Waals surface area (Å²) in [6.07, 6.45) is 0. The number of hydrogen-bond acceptors (Lipinski definition) is 2. The summed E-state index contributed by atoms with van der Waals surface area (Å²) < 4.78 is 0. The first kappa shape index (κ1) is 34.8. The third kappa shape index (κ3) is 5.87. The third-order valence-electron chi connectivity index (χ3n) is 12.3. The number of hydrogen-bond donors (Lipinski definition) is 0. The lowest BCUT2D eigenvalue weighted by Gasteiger charge is -2.21. The molecule has 1 heterocycles. The fraction of sp³-hybridized carbons (Fsp3) is 0.0526. The van der Waals surface area contributed by atoms with E-state index < -0.39 is 0 Å². The monoisotopic (exact) mass is 752 g/mol. The average molecular weight is 753 g/mol. The van der Waals surface area contributed by atoms with Crippen LogP contribution in [0, 0.1) is 0 Å². The summed E-state index contributed by atoms with van der Waals surface area (Å²) in [7, 11) is 0. The van der Waals surface area contributed by atoms with Gasteiger partial charge in [-0.05, 0) is 89.3 Å². The van der Waals surface area contributed by atoms with Crippen molar-refractivity contribution in [3.8, 4) is 78.4 Å². The van der Waals surface area contributed by atoms with E-state index in [0.717, 1.165) is 39.0 Å². The molecular formula is C57H40N2. The minimum Gasteiger partial charge on any atom is -0.228 e. The van der Waals surface area contributed by atoms with Crippen LogP contribution >= 0.6 is 0 Å². The normalized spacial score (nSPS) is 12.7. The van der Waals surface area contributed by atoms with E-state index in [4.69, 9.17) is 9.97 Å². The number of rotatable bonds is 6. The van der Waals surface area contributed by atoms with E-state index >= 15 is 0 Å². The fourth-order valence-corrected chi connectivity index (χ4v) is 9.37. The van der Waals surface area contributed by atoms with Gasteiger partial charge in [0.2, 0.25) is 0 Å². The van der Waals surface area contributed by atoms with Gasteiger partial charge in [-0.2, -0.15) is 0 Å². The molecule has 0 saturated carbocycles. The van der Waals surface area contributed by atoms with Gasteiger partial charge < -0.3 is 0 Å². The van der Waals surface area contributed by atoms with Crippen molar-refractivity contribution in [2.75, 3.05) is 0 Å². The molecule has 278 valence electrons. The van der Waals surface area contributed by atoms with Gasteiger partial charge in [-0.25, -0.2) is 9.97 Å². The summed E-state index contributed by atoms with van der Waals surface area (Å²) in [4.78, 5) is 10.5. The third-order valence-corrected chi connectivity index (χ3v) is 12.3. The SMILES string of the molecule is CC1(C)c2ccccc2-c2c(-c3ccc(-c4ccc(-c5cc(-c6cccc(-c7cccc8ccccc78)c6)nc(-c6ccccc6)n5)c5ccccc45)cc3)cccc21. The van der Waals surface area contributed by atoms with Crippen LogP contribution in [0.1, 0.15) is 25.0 Å². The van der Waals surface area contributed by atoms with E-state index in [0.29, 0.717) is 5.82 Å². The molecule has 1 aliphatic carbocycles. The van der Waals surface area contributed by atoms with Crippen molar-refractivity contribution in [1.29, 1.82) is 0 Å². The summed E-state index contributed by atoms with van der Waals surface area (Å²) in [6, 6.07) is 74.3. The second-order valence-corrected chi connectivity index (χ2v) is 16.1. The summed E-state index contributed by atoms with van der Waals surface area (Å²) in [5.74, 6) is 0.704. The van der Waals surface area contributed by atoms with Crippen molar-refractivity contribution in [3.05, 3.63) is 217 Å². The molecule has 0 amide bonds. The van der Waals surface area contributed by atoms with E-state index in [1.165, 1.54) is 66.2 Å². The lowest BCUT2D eigenvalue weighted by Crippen LogP contribution is -2.14. The topological polar surface area (TPSA) is 25.8 Å². The molecule has 11 rings (SSSR count). The standard InChI is InChI=1S/C57H40N2/c1-57(2)51-27-11-10-24-50(51)55-46(26-14-28-52(55)57)39-31-29-38(30-32-39)45-33-34-49(48-23-9-8-22-47(45)48)54-36-53(58-56(59-54)40-16-4-3-5-17-40)42-20-12-19-41(35-42)44-25-13-18-37-15-6-7-21-43(37)44/h3-36H,1-2H3. The first-order valence-electron chi connectivity index (χ1n) is 20.4. The molecule has 1 aromatic heterocycles. The number of fused-ring (bicyclic) bond motifs is 5. The number of aromatic nitrogens is 2. The minimum atomic E-state index is -0.0314. The molecule has 10 aromatic rings. The molecule has 0 saturated heterocycles. The molecule has 1 aliphatic rings. The van der Waals surface area contributed by atoms with Crippen LogP contribution in [-0.2, 0) is 5.41 Å². The van der Waals surface area contributed by atoms with E-state index in [1.807, 2.05) is 18.2 Å². The molecule has 2 nitrogen and oxygen atoms in total. The molecule has 0 fully saturated rings. The van der Waals surface area contributed by atoms with Gasteiger partial charge in [0.15, 0.2) is 5.82 Å². The average Bonchev–Trinajstić information content (AvgIpc) is 3.54. The Kier molecular flexibility index (Phi) is 8.20. The van der Waals surface area contributed by atoms with Crippen molar-refractivity contribution < 1.29 is 0 Å². The molecule has 59 heavy (non-hydrogen) atoms. The fourth-order valence-electron chi connectivity index (χ4n) is 9.37. The quantitative estimate of drug-likeness (QED) is 0.169. The van der Waals surface area contributed by atoms with Crippen LogP contribution in [-0.4, -0.2) is 9.97 Å². The van der Waals surface area contributed by atoms with Gasteiger partial charge in [-0.3, -0.25) is 0 Å². The van der Waals surface area contributed by atoms with Crippen molar-refractivity contribution >= 4 is 21.5 Å². The van der Waals surface area contributed by atoms with Crippen LogP contribution in [0.15, 0.2) is 206 Å². The summed E-state index contributed by atoms with van der Waals surface area (Å²) >= 11 is 0. The van der Waals surface area contributed by atoms with E-state index in [9.17, 15) is 0 Å². The van der Waals surface area contributed by atoms with E-state index in [2.05, 4.69) is 202 Å². The van der Waals surface area contributed by atoms with Gasteiger partial charge in [0.1, 0.15) is 0 Å². The zero-order valence-corrected chi connectivity index (χ0v) is 33.0.